The van der Waals surface area contributed by atoms with Gasteiger partial charge in [0, 0.05) is 18.8 Å². The van der Waals surface area contributed by atoms with Crippen molar-refractivity contribution in [3.63, 3.8) is 0 Å². The van der Waals surface area contributed by atoms with E-state index in [2.05, 4.69) is 23.5 Å². The largest absolute Gasteiger partial charge is 0.314 e. The molecular weight excluding hydrogens is 198 g/mol. The maximum atomic E-state index is 4.31. The molecule has 1 unspecified atom stereocenters. The average Bonchev–Trinajstić information content (AvgIpc) is 2.61. The van der Waals surface area contributed by atoms with Gasteiger partial charge in [-0.2, -0.15) is 5.10 Å². The Morgan fingerprint density at radius 1 is 1.44 bits per heavy atom. The van der Waals surface area contributed by atoms with Gasteiger partial charge in [-0.15, -0.1) is 0 Å². The Labute approximate surface area is 98.2 Å². The first-order valence-electron chi connectivity index (χ1n) is 6.63. The van der Waals surface area contributed by atoms with Crippen molar-refractivity contribution in [3.8, 4) is 0 Å². The van der Waals surface area contributed by atoms with E-state index in [1.54, 1.807) is 0 Å². The summed E-state index contributed by atoms with van der Waals surface area (Å²) in [5, 5.41) is 7.96. The van der Waals surface area contributed by atoms with Gasteiger partial charge in [0.25, 0.3) is 0 Å². The first-order valence-corrected chi connectivity index (χ1v) is 6.63. The molecule has 0 radical (unpaired) electrons. The third-order valence-corrected chi connectivity index (χ3v) is 3.45. The first kappa shape index (κ1) is 11.6. The molecule has 0 aliphatic carbocycles. The summed E-state index contributed by atoms with van der Waals surface area (Å²) in [5.74, 6) is 0. The lowest BCUT2D eigenvalue weighted by atomic mass is 10.0. The van der Waals surface area contributed by atoms with Gasteiger partial charge in [-0.3, -0.25) is 4.68 Å². The summed E-state index contributed by atoms with van der Waals surface area (Å²) in [7, 11) is 0. The predicted octanol–water partition coefficient (Wildman–Crippen LogP) is 2.37. The fraction of sp³-hybridized carbons (Fsp3) is 0.769. The Balaban J connectivity index is 1.77. The second-order valence-electron chi connectivity index (χ2n) is 4.74. The minimum atomic E-state index is 0.729. The molecule has 0 aromatic carbocycles. The van der Waals surface area contributed by atoms with Gasteiger partial charge in [0.05, 0.1) is 6.20 Å². The SMILES string of the molecule is CCn1cc(CCC2CCCCCN2)cn1. The number of aryl methyl sites for hydroxylation is 2. The van der Waals surface area contributed by atoms with Crippen LogP contribution in [-0.4, -0.2) is 22.4 Å². The van der Waals surface area contributed by atoms with E-state index in [1.165, 1.54) is 44.2 Å². The zero-order valence-electron chi connectivity index (χ0n) is 10.3. The second-order valence-corrected chi connectivity index (χ2v) is 4.74. The Hall–Kier alpha value is -0.830. The van der Waals surface area contributed by atoms with Crippen LogP contribution >= 0.6 is 0 Å². The van der Waals surface area contributed by atoms with Crippen molar-refractivity contribution in [1.82, 2.24) is 15.1 Å². The smallest absolute Gasteiger partial charge is 0.0521 e. The van der Waals surface area contributed by atoms with Crippen molar-refractivity contribution < 1.29 is 0 Å². The topological polar surface area (TPSA) is 29.9 Å². The van der Waals surface area contributed by atoms with Gasteiger partial charge in [0.1, 0.15) is 0 Å². The highest BCUT2D eigenvalue weighted by atomic mass is 15.3. The van der Waals surface area contributed by atoms with Crippen LogP contribution in [0.2, 0.25) is 0 Å². The lowest BCUT2D eigenvalue weighted by Gasteiger charge is -2.14. The van der Waals surface area contributed by atoms with Crippen LogP contribution in [0.15, 0.2) is 12.4 Å². The molecule has 16 heavy (non-hydrogen) atoms. The third kappa shape index (κ3) is 3.34. The summed E-state index contributed by atoms with van der Waals surface area (Å²) < 4.78 is 2.01. The average molecular weight is 221 g/mol. The van der Waals surface area contributed by atoms with Crippen LogP contribution in [0.1, 0.15) is 44.6 Å². The molecule has 1 aliphatic rings. The minimum Gasteiger partial charge on any atom is -0.314 e. The second kappa shape index (κ2) is 6.04. The molecule has 0 amide bonds. The van der Waals surface area contributed by atoms with E-state index in [0.717, 1.165) is 19.0 Å². The van der Waals surface area contributed by atoms with Crippen LogP contribution in [0.3, 0.4) is 0 Å². The van der Waals surface area contributed by atoms with Crippen LogP contribution in [-0.2, 0) is 13.0 Å². The van der Waals surface area contributed by atoms with Crippen molar-refractivity contribution in [3.05, 3.63) is 18.0 Å². The lowest BCUT2D eigenvalue weighted by Crippen LogP contribution is -2.28. The fourth-order valence-electron chi connectivity index (χ4n) is 2.40. The molecule has 2 heterocycles. The lowest BCUT2D eigenvalue weighted by molar-refractivity contribution is 0.478. The van der Waals surface area contributed by atoms with Gasteiger partial charge in [-0.05, 0) is 44.7 Å². The molecule has 3 nitrogen and oxygen atoms in total. The van der Waals surface area contributed by atoms with Gasteiger partial charge in [-0.25, -0.2) is 0 Å². The molecule has 1 aromatic heterocycles. The standard InChI is InChI=1S/C13H23N3/c1-2-16-11-12(10-15-16)7-8-13-6-4-3-5-9-14-13/h10-11,13-14H,2-9H2,1H3. The maximum absolute atomic E-state index is 4.31. The third-order valence-electron chi connectivity index (χ3n) is 3.45. The molecule has 1 aromatic rings. The van der Waals surface area contributed by atoms with E-state index in [4.69, 9.17) is 0 Å². The predicted molar refractivity (Wildman–Crippen MR) is 66.5 cm³/mol. The Morgan fingerprint density at radius 2 is 2.38 bits per heavy atom. The summed E-state index contributed by atoms with van der Waals surface area (Å²) in [6.45, 7) is 4.31. The molecule has 0 bridgehead atoms. The van der Waals surface area contributed by atoms with E-state index < -0.39 is 0 Å². The molecule has 90 valence electrons. The van der Waals surface area contributed by atoms with Crippen molar-refractivity contribution >= 4 is 0 Å². The van der Waals surface area contributed by atoms with Crippen molar-refractivity contribution in [2.45, 2.75) is 58.0 Å². The van der Waals surface area contributed by atoms with Crippen LogP contribution in [0, 0.1) is 0 Å². The van der Waals surface area contributed by atoms with Gasteiger partial charge >= 0.3 is 0 Å². The zero-order valence-corrected chi connectivity index (χ0v) is 10.3. The van der Waals surface area contributed by atoms with Gasteiger partial charge in [0.2, 0.25) is 0 Å². The highest BCUT2D eigenvalue weighted by molar-refractivity contribution is 5.04. The molecule has 0 spiro atoms. The highest BCUT2D eigenvalue weighted by Gasteiger charge is 2.11. The molecular formula is C13H23N3. The van der Waals surface area contributed by atoms with E-state index >= 15 is 0 Å². The fourth-order valence-corrected chi connectivity index (χ4v) is 2.40. The van der Waals surface area contributed by atoms with Crippen molar-refractivity contribution in [2.75, 3.05) is 6.54 Å². The van der Waals surface area contributed by atoms with Crippen LogP contribution in [0.25, 0.3) is 0 Å². The first-order chi connectivity index (χ1) is 7.88. The minimum absolute atomic E-state index is 0.729. The molecule has 1 N–H and O–H groups in total. The summed E-state index contributed by atoms with van der Waals surface area (Å²) in [6, 6.07) is 0.729. The Morgan fingerprint density at radius 3 is 3.19 bits per heavy atom. The highest BCUT2D eigenvalue weighted by Crippen LogP contribution is 2.13. The number of hydrogen-bond acceptors (Lipinski definition) is 2. The quantitative estimate of drug-likeness (QED) is 0.846. The number of nitrogens with one attached hydrogen (secondary N) is 1. The van der Waals surface area contributed by atoms with Gasteiger partial charge in [0.15, 0.2) is 0 Å². The summed E-state index contributed by atoms with van der Waals surface area (Å²) in [5.41, 5.74) is 1.38. The molecule has 1 saturated heterocycles. The Kier molecular flexibility index (Phi) is 4.40. The van der Waals surface area contributed by atoms with E-state index in [-0.39, 0.29) is 0 Å². The molecule has 3 heteroatoms. The number of aromatic nitrogens is 2. The van der Waals surface area contributed by atoms with E-state index in [0.29, 0.717) is 0 Å². The molecule has 1 atom stereocenters. The van der Waals surface area contributed by atoms with E-state index in [1.807, 2.05) is 10.9 Å². The van der Waals surface area contributed by atoms with E-state index in [9.17, 15) is 0 Å². The monoisotopic (exact) mass is 221 g/mol. The molecule has 1 fully saturated rings. The Bertz CT molecular complexity index is 298. The van der Waals surface area contributed by atoms with Crippen LogP contribution < -0.4 is 5.32 Å². The zero-order chi connectivity index (χ0) is 11.2. The van der Waals surface area contributed by atoms with Gasteiger partial charge < -0.3 is 5.32 Å². The number of rotatable bonds is 4. The summed E-state index contributed by atoms with van der Waals surface area (Å²) >= 11 is 0. The van der Waals surface area contributed by atoms with Crippen LogP contribution in [0.4, 0.5) is 0 Å². The molecule has 2 rings (SSSR count). The van der Waals surface area contributed by atoms with Crippen molar-refractivity contribution in [2.24, 2.45) is 0 Å². The maximum Gasteiger partial charge on any atom is 0.0521 e. The normalized spacial score (nSPS) is 21.9. The summed E-state index contributed by atoms with van der Waals surface area (Å²) in [4.78, 5) is 0. The molecule has 1 aliphatic heterocycles. The molecule has 0 saturated carbocycles. The van der Waals surface area contributed by atoms with Gasteiger partial charge in [-0.1, -0.05) is 12.8 Å². The number of hydrogen-bond donors (Lipinski definition) is 1. The van der Waals surface area contributed by atoms with Crippen molar-refractivity contribution in [1.29, 1.82) is 0 Å². The van der Waals surface area contributed by atoms with Crippen LogP contribution in [0.5, 0.6) is 0 Å². The summed E-state index contributed by atoms with van der Waals surface area (Å²) in [6.07, 6.45) is 12.1. The number of nitrogens with zero attached hydrogens (tertiary/aromatic N) is 2.